The molecule has 9 nitrogen and oxygen atoms in total. The van der Waals surface area contributed by atoms with Gasteiger partial charge in [0.05, 0.1) is 5.52 Å². The largest absolute Gasteiger partial charge is 0.368 e. The number of pyridine rings is 1. The molecule has 0 aliphatic heterocycles. The Bertz CT molecular complexity index is 1190. The zero-order chi connectivity index (χ0) is 20.4. The zero-order valence-corrected chi connectivity index (χ0v) is 15.4. The molecule has 2 amide bonds. The Morgan fingerprint density at radius 1 is 1.21 bits per heavy atom. The van der Waals surface area contributed by atoms with Crippen molar-refractivity contribution < 1.29 is 9.18 Å². The lowest BCUT2D eigenvalue weighted by Crippen LogP contribution is -2.28. The Labute approximate surface area is 164 Å². The first-order valence-electron chi connectivity index (χ1n) is 8.82. The number of carbonyl (C=O) groups is 1. The SMILES string of the molecule is CCNC(=O)Nc1nc2c(-c3ncccc3F)cc(-c3cnc(N)nc3)cc2[nH]1. The van der Waals surface area contributed by atoms with Gasteiger partial charge in [-0.2, -0.15) is 0 Å². The van der Waals surface area contributed by atoms with E-state index in [-0.39, 0.29) is 17.6 Å². The molecule has 0 aliphatic carbocycles. The van der Waals surface area contributed by atoms with Crippen molar-refractivity contribution in [3.05, 3.63) is 48.7 Å². The van der Waals surface area contributed by atoms with Gasteiger partial charge in [-0.15, -0.1) is 0 Å². The molecule has 0 unspecified atom stereocenters. The second kappa shape index (κ2) is 7.50. The van der Waals surface area contributed by atoms with E-state index in [4.69, 9.17) is 5.73 Å². The molecule has 0 radical (unpaired) electrons. The van der Waals surface area contributed by atoms with Crippen LogP contribution in [-0.4, -0.2) is 37.5 Å². The number of H-pyrrole nitrogens is 1. The summed E-state index contributed by atoms with van der Waals surface area (Å²) in [7, 11) is 0. The zero-order valence-electron chi connectivity index (χ0n) is 15.4. The highest BCUT2D eigenvalue weighted by molar-refractivity contribution is 5.98. The van der Waals surface area contributed by atoms with Gasteiger partial charge in [0.15, 0.2) is 0 Å². The lowest BCUT2D eigenvalue weighted by molar-refractivity contribution is 0.252. The lowest BCUT2D eigenvalue weighted by atomic mass is 10.0. The highest BCUT2D eigenvalue weighted by Crippen LogP contribution is 2.33. The molecule has 10 heteroatoms. The summed E-state index contributed by atoms with van der Waals surface area (Å²) in [6, 6.07) is 6.00. The standard InChI is InChI=1S/C19H17FN8O/c1-2-22-19(29)28-18-26-14-7-10(11-8-24-17(21)25-9-11)6-12(16(14)27-18)15-13(20)4-3-5-23-15/h3-9H,2H2,1H3,(H2,21,24,25)(H3,22,26,27,28,29). The molecule has 1 aromatic carbocycles. The number of rotatable bonds is 4. The summed E-state index contributed by atoms with van der Waals surface area (Å²) < 4.78 is 14.5. The minimum Gasteiger partial charge on any atom is -0.368 e. The number of aromatic amines is 1. The molecule has 29 heavy (non-hydrogen) atoms. The summed E-state index contributed by atoms with van der Waals surface area (Å²) in [5.41, 5.74) is 8.63. The smallest absolute Gasteiger partial charge is 0.321 e. The summed E-state index contributed by atoms with van der Waals surface area (Å²) in [5.74, 6) is -0.101. The fourth-order valence-electron chi connectivity index (χ4n) is 2.91. The fraction of sp³-hybridized carbons (Fsp3) is 0.105. The van der Waals surface area contributed by atoms with E-state index in [0.717, 1.165) is 0 Å². The first kappa shape index (κ1) is 18.3. The number of imidazole rings is 1. The van der Waals surface area contributed by atoms with Gasteiger partial charge in [-0.3, -0.25) is 10.3 Å². The van der Waals surface area contributed by atoms with Crippen LogP contribution in [0.3, 0.4) is 0 Å². The number of nitrogens with two attached hydrogens (primary N) is 1. The molecule has 0 saturated heterocycles. The van der Waals surface area contributed by atoms with Crippen LogP contribution in [0.4, 0.5) is 21.1 Å². The molecule has 0 atom stereocenters. The predicted octanol–water partition coefficient (Wildman–Crippen LogP) is 2.94. The number of halogens is 1. The minimum atomic E-state index is -0.485. The van der Waals surface area contributed by atoms with Gasteiger partial charge in [-0.05, 0) is 36.8 Å². The normalized spacial score (nSPS) is 10.8. The Hall–Kier alpha value is -4.08. The highest BCUT2D eigenvalue weighted by Gasteiger charge is 2.17. The number of hydrogen-bond acceptors (Lipinski definition) is 6. The Morgan fingerprint density at radius 2 is 2.00 bits per heavy atom. The van der Waals surface area contributed by atoms with E-state index >= 15 is 0 Å². The van der Waals surface area contributed by atoms with E-state index in [1.807, 2.05) is 6.07 Å². The van der Waals surface area contributed by atoms with Crippen LogP contribution < -0.4 is 16.4 Å². The molecule has 0 saturated carbocycles. The molecule has 0 spiro atoms. The molecular formula is C19H17FN8O. The lowest BCUT2D eigenvalue weighted by Gasteiger charge is -2.07. The minimum absolute atomic E-state index is 0.145. The van der Waals surface area contributed by atoms with Gasteiger partial charge >= 0.3 is 6.03 Å². The number of benzene rings is 1. The maximum atomic E-state index is 14.5. The molecule has 5 N–H and O–H groups in total. The van der Waals surface area contributed by atoms with Crippen molar-refractivity contribution >= 4 is 29.0 Å². The van der Waals surface area contributed by atoms with Crippen LogP contribution in [-0.2, 0) is 0 Å². The van der Waals surface area contributed by atoms with Gasteiger partial charge in [0, 0.05) is 36.3 Å². The number of aromatic nitrogens is 5. The summed E-state index contributed by atoms with van der Waals surface area (Å²) in [6.45, 7) is 2.28. The van der Waals surface area contributed by atoms with E-state index in [9.17, 15) is 9.18 Å². The molecule has 0 fully saturated rings. The second-order valence-corrected chi connectivity index (χ2v) is 6.15. The van der Waals surface area contributed by atoms with Crippen LogP contribution >= 0.6 is 0 Å². The average Bonchev–Trinajstić information content (AvgIpc) is 3.10. The quantitative estimate of drug-likeness (QED) is 0.422. The molecule has 3 heterocycles. The van der Waals surface area contributed by atoms with Crippen LogP contribution in [0.2, 0.25) is 0 Å². The van der Waals surface area contributed by atoms with Crippen LogP contribution in [0.5, 0.6) is 0 Å². The van der Waals surface area contributed by atoms with Crippen molar-refractivity contribution in [3.8, 4) is 22.4 Å². The molecule has 0 bridgehead atoms. The van der Waals surface area contributed by atoms with Gasteiger partial charge in [-0.1, -0.05) is 0 Å². The van der Waals surface area contributed by atoms with Crippen molar-refractivity contribution in [2.45, 2.75) is 6.92 Å². The van der Waals surface area contributed by atoms with Gasteiger partial charge in [0.1, 0.15) is 17.0 Å². The first-order valence-corrected chi connectivity index (χ1v) is 8.82. The number of amides is 2. The fourth-order valence-corrected chi connectivity index (χ4v) is 2.91. The number of hydrogen-bond donors (Lipinski definition) is 4. The van der Waals surface area contributed by atoms with Gasteiger partial charge < -0.3 is 16.0 Å². The maximum Gasteiger partial charge on any atom is 0.321 e. The number of nitrogen functional groups attached to an aromatic ring is 1. The third-order valence-electron chi connectivity index (χ3n) is 4.17. The molecule has 146 valence electrons. The predicted molar refractivity (Wildman–Crippen MR) is 107 cm³/mol. The van der Waals surface area contributed by atoms with Crippen LogP contribution in [0.15, 0.2) is 42.9 Å². The van der Waals surface area contributed by atoms with Crippen molar-refractivity contribution in [2.24, 2.45) is 0 Å². The summed E-state index contributed by atoms with van der Waals surface area (Å²) in [5, 5.41) is 5.25. The number of nitrogens with zero attached hydrogens (tertiary/aromatic N) is 4. The van der Waals surface area contributed by atoms with Crippen molar-refractivity contribution in [1.82, 2.24) is 30.2 Å². The van der Waals surface area contributed by atoms with Gasteiger partial charge in [-0.25, -0.2) is 24.1 Å². The topological polar surface area (TPSA) is 134 Å². The van der Waals surface area contributed by atoms with E-state index in [2.05, 4.69) is 35.6 Å². The van der Waals surface area contributed by atoms with E-state index in [0.29, 0.717) is 34.3 Å². The first-order chi connectivity index (χ1) is 14.0. The van der Waals surface area contributed by atoms with E-state index in [1.54, 1.807) is 25.4 Å². The second-order valence-electron chi connectivity index (χ2n) is 6.15. The van der Waals surface area contributed by atoms with E-state index in [1.165, 1.54) is 18.3 Å². The van der Waals surface area contributed by atoms with Crippen molar-refractivity contribution in [3.63, 3.8) is 0 Å². The Kier molecular flexibility index (Phi) is 4.73. The Morgan fingerprint density at radius 3 is 2.72 bits per heavy atom. The third-order valence-corrected chi connectivity index (χ3v) is 4.17. The average molecular weight is 392 g/mol. The summed E-state index contributed by atoms with van der Waals surface area (Å²) >= 11 is 0. The molecule has 4 aromatic rings. The Balaban J connectivity index is 1.89. The monoisotopic (exact) mass is 392 g/mol. The van der Waals surface area contributed by atoms with Crippen LogP contribution in [0.25, 0.3) is 33.4 Å². The molecule has 4 rings (SSSR count). The summed E-state index contributed by atoms with van der Waals surface area (Å²) in [4.78, 5) is 31.5. The van der Waals surface area contributed by atoms with Gasteiger partial charge in [0.2, 0.25) is 11.9 Å². The molecule has 0 aliphatic rings. The number of urea groups is 1. The van der Waals surface area contributed by atoms with Gasteiger partial charge in [0.25, 0.3) is 0 Å². The van der Waals surface area contributed by atoms with Crippen LogP contribution in [0.1, 0.15) is 6.92 Å². The number of nitrogens with one attached hydrogen (secondary N) is 3. The van der Waals surface area contributed by atoms with E-state index < -0.39 is 11.8 Å². The number of anilines is 2. The van der Waals surface area contributed by atoms with Crippen LogP contribution in [0, 0.1) is 5.82 Å². The molecule has 3 aromatic heterocycles. The number of carbonyl (C=O) groups excluding carboxylic acids is 1. The number of fused-ring (bicyclic) bond motifs is 1. The van der Waals surface area contributed by atoms with Crippen molar-refractivity contribution in [1.29, 1.82) is 0 Å². The maximum absolute atomic E-state index is 14.5. The molecular weight excluding hydrogens is 375 g/mol. The van der Waals surface area contributed by atoms with Crippen molar-refractivity contribution in [2.75, 3.05) is 17.6 Å². The summed E-state index contributed by atoms with van der Waals surface area (Å²) in [6.07, 6.45) is 4.66. The third kappa shape index (κ3) is 3.68. The highest BCUT2D eigenvalue weighted by atomic mass is 19.1.